The number of anilines is 1. The Kier molecular flexibility index (Phi) is 4.01. The zero-order chi connectivity index (χ0) is 13.9. The topological polar surface area (TPSA) is 64.6 Å². The number of amides is 2. The first-order valence-corrected chi connectivity index (χ1v) is 6.19. The third-order valence-electron chi connectivity index (χ3n) is 3.19. The molecule has 0 aliphatic carbocycles. The molecule has 1 aromatic rings. The van der Waals surface area contributed by atoms with Gasteiger partial charge in [-0.05, 0) is 37.2 Å². The van der Waals surface area contributed by atoms with Crippen molar-refractivity contribution in [2.75, 3.05) is 32.0 Å². The van der Waals surface area contributed by atoms with Crippen molar-refractivity contribution in [3.05, 3.63) is 30.1 Å². The second-order valence-corrected chi connectivity index (χ2v) is 4.94. The molecular formula is C13H18FN3O2. The zero-order valence-corrected chi connectivity index (χ0v) is 10.8. The molecule has 1 unspecified atom stereocenters. The van der Waals surface area contributed by atoms with E-state index in [4.69, 9.17) is 0 Å². The zero-order valence-electron chi connectivity index (χ0n) is 10.8. The quantitative estimate of drug-likeness (QED) is 0.766. The number of urea groups is 1. The molecule has 0 saturated carbocycles. The lowest BCUT2D eigenvalue weighted by atomic mass is 10.0. The summed E-state index contributed by atoms with van der Waals surface area (Å²) in [4.78, 5) is 13.3. The highest BCUT2D eigenvalue weighted by Crippen LogP contribution is 2.16. The highest BCUT2D eigenvalue weighted by atomic mass is 19.1. The number of hydrogen-bond donors (Lipinski definition) is 3. The van der Waals surface area contributed by atoms with Crippen molar-refractivity contribution in [3.63, 3.8) is 0 Å². The summed E-state index contributed by atoms with van der Waals surface area (Å²) in [6.07, 6.45) is 0.626. The van der Waals surface area contributed by atoms with Crippen molar-refractivity contribution in [2.45, 2.75) is 12.0 Å². The van der Waals surface area contributed by atoms with E-state index < -0.39 is 5.60 Å². The number of carbonyl (C=O) groups excluding carboxylic acids is 1. The van der Waals surface area contributed by atoms with E-state index in [-0.39, 0.29) is 18.4 Å². The van der Waals surface area contributed by atoms with Gasteiger partial charge < -0.3 is 20.6 Å². The van der Waals surface area contributed by atoms with Crippen LogP contribution in [0.1, 0.15) is 6.42 Å². The van der Waals surface area contributed by atoms with E-state index >= 15 is 0 Å². The van der Waals surface area contributed by atoms with E-state index in [0.717, 1.165) is 6.54 Å². The molecule has 0 bridgehead atoms. The standard InChI is InChI=1S/C13H18FN3O2/c1-17(9-13(19)6-7-15-8-13)12(18)16-11-4-2-10(14)3-5-11/h2-5,15,19H,6-9H2,1H3,(H,16,18). The molecule has 5 nitrogen and oxygen atoms in total. The molecule has 1 fully saturated rings. The number of rotatable bonds is 3. The normalized spacial score (nSPS) is 22.3. The van der Waals surface area contributed by atoms with Crippen molar-refractivity contribution < 1.29 is 14.3 Å². The van der Waals surface area contributed by atoms with E-state index in [1.54, 1.807) is 7.05 Å². The average molecular weight is 267 g/mol. The lowest BCUT2D eigenvalue weighted by molar-refractivity contribution is 0.0384. The van der Waals surface area contributed by atoms with E-state index in [0.29, 0.717) is 18.7 Å². The molecule has 2 amide bonds. The molecule has 1 atom stereocenters. The molecule has 1 aliphatic rings. The summed E-state index contributed by atoms with van der Waals surface area (Å²) in [6.45, 7) is 1.50. The van der Waals surface area contributed by atoms with Crippen molar-refractivity contribution >= 4 is 11.7 Å². The van der Waals surface area contributed by atoms with Gasteiger partial charge in [-0.25, -0.2) is 9.18 Å². The largest absolute Gasteiger partial charge is 0.387 e. The van der Waals surface area contributed by atoms with Gasteiger partial charge in [-0.2, -0.15) is 0 Å². The summed E-state index contributed by atoms with van der Waals surface area (Å²) >= 11 is 0. The third-order valence-corrected chi connectivity index (χ3v) is 3.19. The van der Waals surface area contributed by atoms with Crippen LogP contribution in [0.15, 0.2) is 24.3 Å². The molecule has 19 heavy (non-hydrogen) atoms. The maximum Gasteiger partial charge on any atom is 0.321 e. The lowest BCUT2D eigenvalue weighted by Gasteiger charge is -2.28. The minimum Gasteiger partial charge on any atom is -0.387 e. The van der Waals surface area contributed by atoms with Gasteiger partial charge in [0.25, 0.3) is 0 Å². The van der Waals surface area contributed by atoms with Crippen molar-refractivity contribution in [1.82, 2.24) is 10.2 Å². The molecule has 0 radical (unpaired) electrons. The van der Waals surface area contributed by atoms with E-state index in [1.165, 1.54) is 29.2 Å². The molecular weight excluding hydrogens is 249 g/mol. The molecule has 1 heterocycles. The second kappa shape index (κ2) is 5.54. The first-order valence-electron chi connectivity index (χ1n) is 6.19. The summed E-state index contributed by atoms with van der Waals surface area (Å²) < 4.78 is 12.7. The van der Waals surface area contributed by atoms with Gasteiger partial charge in [0.05, 0.1) is 12.1 Å². The maximum atomic E-state index is 12.7. The molecule has 2 rings (SSSR count). The Bertz CT molecular complexity index is 444. The summed E-state index contributed by atoms with van der Waals surface area (Å²) in [6, 6.07) is 5.22. The Hall–Kier alpha value is -1.66. The third kappa shape index (κ3) is 3.65. The summed E-state index contributed by atoms with van der Waals surface area (Å²) in [5, 5.41) is 15.9. The van der Waals surface area contributed by atoms with Gasteiger partial charge in [-0.1, -0.05) is 0 Å². The van der Waals surface area contributed by atoms with Gasteiger partial charge >= 0.3 is 6.03 Å². The summed E-state index contributed by atoms with van der Waals surface area (Å²) in [5.41, 5.74) is -0.343. The second-order valence-electron chi connectivity index (χ2n) is 4.94. The van der Waals surface area contributed by atoms with Crippen LogP contribution >= 0.6 is 0 Å². The van der Waals surface area contributed by atoms with Crippen LogP contribution in [0.3, 0.4) is 0 Å². The van der Waals surface area contributed by atoms with Gasteiger partial charge in [0.2, 0.25) is 0 Å². The molecule has 0 aromatic heterocycles. The number of aliphatic hydroxyl groups is 1. The smallest absolute Gasteiger partial charge is 0.321 e. The molecule has 0 spiro atoms. The number of carbonyl (C=O) groups is 1. The predicted octanol–water partition coefficient (Wildman–Crippen LogP) is 1.01. The molecule has 6 heteroatoms. The van der Waals surface area contributed by atoms with Crippen LogP contribution in [0.25, 0.3) is 0 Å². The van der Waals surface area contributed by atoms with Crippen molar-refractivity contribution in [1.29, 1.82) is 0 Å². The van der Waals surface area contributed by atoms with Crippen LogP contribution in [0.4, 0.5) is 14.9 Å². The van der Waals surface area contributed by atoms with Crippen LogP contribution in [0, 0.1) is 5.82 Å². The van der Waals surface area contributed by atoms with Crippen LogP contribution in [0.5, 0.6) is 0 Å². The fraction of sp³-hybridized carbons (Fsp3) is 0.462. The Morgan fingerprint density at radius 2 is 2.21 bits per heavy atom. The van der Waals surface area contributed by atoms with Crippen molar-refractivity contribution in [3.8, 4) is 0 Å². The molecule has 1 aliphatic heterocycles. The van der Waals surface area contributed by atoms with Gasteiger partial charge in [-0.15, -0.1) is 0 Å². The van der Waals surface area contributed by atoms with E-state index in [9.17, 15) is 14.3 Å². The Morgan fingerprint density at radius 1 is 1.53 bits per heavy atom. The fourth-order valence-corrected chi connectivity index (χ4v) is 2.13. The fourth-order valence-electron chi connectivity index (χ4n) is 2.13. The van der Waals surface area contributed by atoms with Crippen LogP contribution < -0.4 is 10.6 Å². The average Bonchev–Trinajstić information content (AvgIpc) is 2.78. The lowest BCUT2D eigenvalue weighted by Crippen LogP contribution is -2.46. The highest BCUT2D eigenvalue weighted by Gasteiger charge is 2.33. The number of nitrogens with one attached hydrogen (secondary N) is 2. The predicted molar refractivity (Wildman–Crippen MR) is 70.5 cm³/mol. The molecule has 1 saturated heterocycles. The molecule has 3 N–H and O–H groups in total. The summed E-state index contributed by atoms with van der Waals surface area (Å²) in [7, 11) is 1.62. The van der Waals surface area contributed by atoms with E-state index in [2.05, 4.69) is 10.6 Å². The number of nitrogens with zero attached hydrogens (tertiary/aromatic N) is 1. The first kappa shape index (κ1) is 13.8. The van der Waals surface area contributed by atoms with Crippen molar-refractivity contribution in [2.24, 2.45) is 0 Å². The number of benzene rings is 1. The SMILES string of the molecule is CN(CC1(O)CCNC1)C(=O)Nc1ccc(F)cc1. The van der Waals surface area contributed by atoms with Crippen LogP contribution in [-0.2, 0) is 0 Å². The Labute approximate surface area is 111 Å². The molecule has 104 valence electrons. The number of β-amino-alcohol motifs (C(OH)–C–C–N with tert-alkyl or cyclic N) is 1. The van der Waals surface area contributed by atoms with Crippen LogP contribution in [0.2, 0.25) is 0 Å². The van der Waals surface area contributed by atoms with Gasteiger partial charge in [0, 0.05) is 19.3 Å². The minimum absolute atomic E-state index is 0.257. The molecule has 1 aromatic carbocycles. The van der Waals surface area contributed by atoms with E-state index in [1.807, 2.05) is 0 Å². The first-order chi connectivity index (χ1) is 8.98. The monoisotopic (exact) mass is 267 g/mol. The number of halogens is 1. The Balaban J connectivity index is 1.90. The maximum absolute atomic E-state index is 12.7. The van der Waals surface area contributed by atoms with Crippen LogP contribution in [-0.4, -0.2) is 48.3 Å². The number of likely N-dealkylation sites (N-methyl/N-ethyl adjacent to an activating group) is 1. The minimum atomic E-state index is -0.866. The summed E-state index contributed by atoms with van der Waals surface area (Å²) in [5.74, 6) is -0.349. The Morgan fingerprint density at radius 3 is 2.79 bits per heavy atom. The highest BCUT2D eigenvalue weighted by molar-refractivity contribution is 5.89. The van der Waals surface area contributed by atoms with Gasteiger partial charge in [0.1, 0.15) is 5.82 Å². The number of hydrogen-bond acceptors (Lipinski definition) is 3. The van der Waals surface area contributed by atoms with Gasteiger partial charge in [0.15, 0.2) is 0 Å². The van der Waals surface area contributed by atoms with Gasteiger partial charge in [-0.3, -0.25) is 0 Å².